The molecular formula is C18H26ClIN6O. The fraction of sp³-hybridized carbons (Fsp3) is 0.389. The number of benzene rings is 1. The Morgan fingerprint density at radius 1 is 1.44 bits per heavy atom. The van der Waals surface area contributed by atoms with Crippen LogP contribution in [0.1, 0.15) is 11.6 Å². The maximum Gasteiger partial charge on any atom is 0.194 e. The maximum atomic E-state index is 5.97. The number of likely N-dealkylation sites (N-methyl/N-ethyl adjacent to an activating group) is 1. The largest absolute Gasteiger partial charge is 0.492 e. The molecular weight excluding hydrogens is 479 g/mol. The summed E-state index contributed by atoms with van der Waals surface area (Å²) in [5, 5.41) is 12.1. The van der Waals surface area contributed by atoms with Crippen molar-refractivity contribution in [2.45, 2.75) is 13.5 Å². The zero-order valence-corrected chi connectivity index (χ0v) is 18.9. The highest BCUT2D eigenvalue weighted by Gasteiger charge is 2.09. The molecule has 0 radical (unpaired) electrons. The Morgan fingerprint density at radius 2 is 2.22 bits per heavy atom. The minimum atomic E-state index is 0. The van der Waals surface area contributed by atoms with E-state index in [1.54, 1.807) is 12.1 Å². The van der Waals surface area contributed by atoms with Crippen molar-refractivity contribution in [3.05, 3.63) is 53.6 Å². The standard InChI is InChI=1S/C18H25ClN6O.HI/c1-5-9-20-18(21-13-17-23-22-14(2)25(17)4)24(3)10-11-26-16-8-6-7-15(19)12-16;/h5-8,12H,1,9-11,13H2,2-4H3,(H,20,21);1H. The molecule has 1 aromatic carbocycles. The first-order valence-electron chi connectivity index (χ1n) is 8.35. The fourth-order valence-corrected chi connectivity index (χ4v) is 2.35. The first kappa shape index (κ1) is 23.2. The molecule has 0 spiro atoms. The number of nitrogens with zero attached hydrogens (tertiary/aromatic N) is 5. The zero-order chi connectivity index (χ0) is 18.9. The van der Waals surface area contributed by atoms with E-state index >= 15 is 0 Å². The molecule has 0 amide bonds. The first-order chi connectivity index (χ1) is 12.5. The van der Waals surface area contributed by atoms with E-state index < -0.39 is 0 Å². The van der Waals surface area contributed by atoms with E-state index in [0.29, 0.717) is 31.3 Å². The Morgan fingerprint density at radius 3 is 2.85 bits per heavy atom. The average molecular weight is 505 g/mol. The molecule has 0 saturated carbocycles. The molecule has 1 aromatic heterocycles. The molecule has 1 heterocycles. The summed E-state index contributed by atoms with van der Waals surface area (Å²) in [7, 11) is 3.89. The molecule has 1 N–H and O–H groups in total. The highest BCUT2D eigenvalue weighted by molar-refractivity contribution is 14.0. The highest BCUT2D eigenvalue weighted by atomic mass is 127. The van der Waals surface area contributed by atoms with Gasteiger partial charge in [0.1, 0.15) is 24.7 Å². The van der Waals surface area contributed by atoms with Gasteiger partial charge in [0.15, 0.2) is 11.8 Å². The molecule has 148 valence electrons. The molecule has 9 heteroatoms. The number of guanidine groups is 1. The summed E-state index contributed by atoms with van der Waals surface area (Å²) >= 11 is 5.97. The highest BCUT2D eigenvalue weighted by Crippen LogP contribution is 2.16. The second-order valence-corrected chi connectivity index (χ2v) is 6.20. The van der Waals surface area contributed by atoms with Crippen LogP contribution in [0.5, 0.6) is 5.75 Å². The van der Waals surface area contributed by atoms with Crippen LogP contribution in [-0.4, -0.2) is 52.4 Å². The lowest BCUT2D eigenvalue weighted by Crippen LogP contribution is -2.41. The number of aryl methyl sites for hydroxylation is 1. The lowest BCUT2D eigenvalue weighted by atomic mass is 10.3. The van der Waals surface area contributed by atoms with Crippen molar-refractivity contribution in [3.63, 3.8) is 0 Å². The van der Waals surface area contributed by atoms with Crippen molar-refractivity contribution in [2.75, 3.05) is 26.7 Å². The van der Waals surface area contributed by atoms with Crippen LogP contribution in [0.3, 0.4) is 0 Å². The number of hydrogen-bond donors (Lipinski definition) is 1. The normalized spacial score (nSPS) is 10.9. The third-order valence-electron chi connectivity index (χ3n) is 3.81. The molecule has 7 nitrogen and oxygen atoms in total. The number of aromatic nitrogens is 3. The fourth-order valence-electron chi connectivity index (χ4n) is 2.17. The van der Waals surface area contributed by atoms with Crippen LogP contribution in [0.25, 0.3) is 0 Å². The van der Waals surface area contributed by atoms with Crippen LogP contribution >= 0.6 is 35.6 Å². The van der Waals surface area contributed by atoms with E-state index in [-0.39, 0.29) is 24.0 Å². The van der Waals surface area contributed by atoms with E-state index in [2.05, 4.69) is 27.1 Å². The van der Waals surface area contributed by atoms with Crippen LogP contribution in [-0.2, 0) is 13.6 Å². The molecule has 2 aromatic rings. The third-order valence-corrected chi connectivity index (χ3v) is 4.05. The van der Waals surface area contributed by atoms with Crippen LogP contribution in [0.15, 0.2) is 41.9 Å². The van der Waals surface area contributed by atoms with Gasteiger partial charge in [0.25, 0.3) is 0 Å². The van der Waals surface area contributed by atoms with E-state index in [0.717, 1.165) is 23.4 Å². The van der Waals surface area contributed by atoms with Crippen LogP contribution < -0.4 is 10.1 Å². The van der Waals surface area contributed by atoms with Crippen molar-refractivity contribution in [1.29, 1.82) is 0 Å². The molecule has 0 bridgehead atoms. The molecule has 0 aliphatic carbocycles. The first-order valence-corrected chi connectivity index (χ1v) is 8.72. The average Bonchev–Trinajstić information content (AvgIpc) is 2.94. The van der Waals surface area contributed by atoms with Gasteiger partial charge >= 0.3 is 0 Å². The van der Waals surface area contributed by atoms with Gasteiger partial charge in [-0.3, -0.25) is 0 Å². The van der Waals surface area contributed by atoms with Crippen molar-refractivity contribution in [2.24, 2.45) is 12.0 Å². The quantitative estimate of drug-likeness (QED) is 0.259. The number of rotatable bonds is 8. The maximum absolute atomic E-state index is 5.97. The van der Waals surface area contributed by atoms with Crippen molar-refractivity contribution >= 4 is 41.5 Å². The molecule has 0 atom stereocenters. The number of aliphatic imine (C=N–C) groups is 1. The Bertz CT molecular complexity index is 764. The lowest BCUT2D eigenvalue weighted by Gasteiger charge is -2.22. The Hall–Kier alpha value is -1.81. The predicted octanol–water partition coefficient (Wildman–Crippen LogP) is 3.04. The molecule has 2 rings (SSSR count). The summed E-state index contributed by atoms with van der Waals surface area (Å²) in [5.74, 6) is 3.17. The van der Waals surface area contributed by atoms with Gasteiger partial charge in [-0.15, -0.1) is 40.8 Å². The molecule has 0 aliphatic rings. The van der Waals surface area contributed by atoms with Gasteiger partial charge in [-0.1, -0.05) is 23.7 Å². The second-order valence-electron chi connectivity index (χ2n) is 5.76. The minimum Gasteiger partial charge on any atom is -0.492 e. The van der Waals surface area contributed by atoms with Gasteiger partial charge in [0.05, 0.1) is 6.54 Å². The van der Waals surface area contributed by atoms with Gasteiger partial charge in [-0.25, -0.2) is 4.99 Å². The molecule has 0 aliphatic heterocycles. The Kier molecular flexibility index (Phi) is 10.2. The molecule has 0 saturated heterocycles. The summed E-state index contributed by atoms with van der Waals surface area (Å²) in [6.45, 7) is 7.88. The molecule has 0 fully saturated rings. The third kappa shape index (κ3) is 7.37. The van der Waals surface area contributed by atoms with Crippen molar-refractivity contribution in [1.82, 2.24) is 25.0 Å². The van der Waals surface area contributed by atoms with Crippen LogP contribution in [0.4, 0.5) is 0 Å². The topological polar surface area (TPSA) is 67.6 Å². The predicted molar refractivity (Wildman–Crippen MR) is 120 cm³/mol. The van der Waals surface area contributed by atoms with E-state index in [9.17, 15) is 0 Å². The second kappa shape index (κ2) is 11.8. The van der Waals surface area contributed by atoms with E-state index in [1.165, 1.54) is 0 Å². The van der Waals surface area contributed by atoms with Gasteiger partial charge < -0.3 is 19.5 Å². The van der Waals surface area contributed by atoms with Crippen LogP contribution in [0.2, 0.25) is 5.02 Å². The van der Waals surface area contributed by atoms with Crippen LogP contribution in [0, 0.1) is 6.92 Å². The summed E-state index contributed by atoms with van der Waals surface area (Å²) in [4.78, 5) is 6.63. The monoisotopic (exact) mass is 504 g/mol. The van der Waals surface area contributed by atoms with E-state index in [4.69, 9.17) is 16.3 Å². The van der Waals surface area contributed by atoms with Crippen molar-refractivity contribution < 1.29 is 4.74 Å². The lowest BCUT2D eigenvalue weighted by molar-refractivity contribution is 0.281. The van der Waals surface area contributed by atoms with Gasteiger partial charge in [-0.05, 0) is 25.1 Å². The summed E-state index contributed by atoms with van der Waals surface area (Å²) < 4.78 is 7.67. The minimum absolute atomic E-state index is 0. The zero-order valence-electron chi connectivity index (χ0n) is 15.9. The van der Waals surface area contributed by atoms with Gasteiger partial charge in [0.2, 0.25) is 0 Å². The van der Waals surface area contributed by atoms with Crippen molar-refractivity contribution in [3.8, 4) is 5.75 Å². The SMILES string of the molecule is C=CCNC(=NCc1nnc(C)n1C)N(C)CCOc1cccc(Cl)c1.I. The summed E-state index contributed by atoms with van der Waals surface area (Å²) in [6, 6.07) is 7.36. The number of hydrogen-bond acceptors (Lipinski definition) is 4. The summed E-state index contributed by atoms with van der Waals surface area (Å²) in [6.07, 6.45) is 1.79. The number of halogens is 2. The summed E-state index contributed by atoms with van der Waals surface area (Å²) in [5.41, 5.74) is 0. The Balaban J connectivity index is 0.00000364. The number of nitrogens with one attached hydrogen (secondary N) is 1. The van der Waals surface area contributed by atoms with Gasteiger partial charge in [-0.2, -0.15) is 0 Å². The molecule has 0 unspecified atom stereocenters. The molecule has 27 heavy (non-hydrogen) atoms. The Labute approximate surface area is 182 Å². The van der Waals surface area contributed by atoms with Gasteiger partial charge in [0, 0.05) is 25.7 Å². The smallest absolute Gasteiger partial charge is 0.194 e. The number of ether oxygens (including phenoxy) is 1. The van der Waals surface area contributed by atoms with E-state index in [1.807, 2.05) is 48.7 Å².